The highest BCUT2D eigenvalue weighted by Gasteiger charge is 2.35. The highest BCUT2D eigenvalue weighted by atomic mass is 32.2. The molecule has 0 bridgehead atoms. The second kappa shape index (κ2) is 5.14. The molecule has 0 saturated carbocycles. The van der Waals surface area contributed by atoms with Crippen molar-refractivity contribution in [2.75, 3.05) is 32.9 Å². The molecule has 0 aromatic rings. The maximum absolute atomic E-state index is 12.0. The van der Waals surface area contributed by atoms with Crippen LogP contribution in [0.4, 0.5) is 0 Å². The number of sulfonamides is 1. The predicted molar refractivity (Wildman–Crippen MR) is 70.4 cm³/mol. The van der Waals surface area contributed by atoms with Crippen LogP contribution >= 0.6 is 0 Å². The Bertz CT molecular complexity index is 419. The van der Waals surface area contributed by atoms with Gasteiger partial charge in [0.15, 0.2) is 0 Å². The molecule has 1 aliphatic heterocycles. The minimum absolute atomic E-state index is 0.0780. The zero-order chi connectivity index (χ0) is 14.1. The lowest BCUT2D eigenvalue weighted by Crippen LogP contribution is -2.55. The van der Waals surface area contributed by atoms with Crippen LogP contribution < -0.4 is 5.73 Å². The van der Waals surface area contributed by atoms with Gasteiger partial charge in [-0.3, -0.25) is 4.79 Å². The molecule has 0 aromatic carbocycles. The second-order valence-electron chi connectivity index (χ2n) is 5.72. The Kier molecular flexibility index (Phi) is 4.40. The minimum atomic E-state index is -3.31. The summed E-state index contributed by atoms with van der Waals surface area (Å²) in [5.74, 6) is -0.164. The first kappa shape index (κ1) is 15.4. The van der Waals surface area contributed by atoms with Crippen LogP contribution in [-0.4, -0.2) is 62.5 Å². The Morgan fingerprint density at radius 1 is 1.50 bits per heavy atom. The first-order valence-electron chi connectivity index (χ1n) is 5.99. The third-order valence-electron chi connectivity index (χ3n) is 3.59. The standard InChI is InChI=1S/C11H23N3O3S/c1-11(2)8-14(6-5-9(11)12)10(15)7-13(3)18(4,16)17/h9H,5-8,12H2,1-4H3. The highest BCUT2D eigenvalue weighted by Crippen LogP contribution is 2.27. The summed E-state index contributed by atoms with van der Waals surface area (Å²) in [6, 6.07) is 0.0780. The number of nitrogens with zero attached hydrogens (tertiary/aromatic N) is 2. The summed E-state index contributed by atoms with van der Waals surface area (Å²) in [4.78, 5) is 13.7. The van der Waals surface area contributed by atoms with E-state index in [2.05, 4.69) is 0 Å². The number of likely N-dealkylation sites (N-methyl/N-ethyl adjacent to an activating group) is 1. The van der Waals surface area contributed by atoms with Crippen LogP contribution in [0.15, 0.2) is 0 Å². The molecule has 1 amide bonds. The molecule has 1 saturated heterocycles. The van der Waals surface area contributed by atoms with Crippen LogP contribution in [0.3, 0.4) is 0 Å². The van der Waals surface area contributed by atoms with Gasteiger partial charge < -0.3 is 10.6 Å². The summed E-state index contributed by atoms with van der Waals surface area (Å²) in [6.07, 6.45) is 1.84. The number of hydrogen-bond acceptors (Lipinski definition) is 4. The van der Waals surface area contributed by atoms with Crippen molar-refractivity contribution in [3.63, 3.8) is 0 Å². The lowest BCUT2D eigenvalue weighted by molar-refractivity contribution is -0.134. The van der Waals surface area contributed by atoms with Crippen LogP contribution in [0.5, 0.6) is 0 Å². The molecule has 0 aliphatic carbocycles. The monoisotopic (exact) mass is 277 g/mol. The van der Waals surface area contributed by atoms with E-state index >= 15 is 0 Å². The van der Waals surface area contributed by atoms with E-state index in [4.69, 9.17) is 5.73 Å². The summed E-state index contributed by atoms with van der Waals surface area (Å²) in [7, 11) is -1.90. The van der Waals surface area contributed by atoms with Crippen molar-refractivity contribution in [1.82, 2.24) is 9.21 Å². The molecule has 1 heterocycles. The first-order valence-corrected chi connectivity index (χ1v) is 7.83. The Labute approximate surface area is 109 Å². The molecule has 2 N–H and O–H groups in total. The number of carbonyl (C=O) groups is 1. The number of carbonyl (C=O) groups excluding carboxylic acids is 1. The normalized spacial score (nSPS) is 24.3. The van der Waals surface area contributed by atoms with E-state index in [1.165, 1.54) is 7.05 Å². The van der Waals surface area contributed by atoms with Crippen LogP contribution in [0.25, 0.3) is 0 Å². The Morgan fingerprint density at radius 3 is 2.50 bits per heavy atom. The van der Waals surface area contributed by atoms with Crippen molar-refractivity contribution in [3.8, 4) is 0 Å². The van der Waals surface area contributed by atoms with Crippen molar-refractivity contribution in [2.24, 2.45) is 11.1 Å². The maximum atomic E-state index is 12.0. The molecular formula is C11H23N3O3S. The third kappa shape index (κ3) is 3.66. The van der Waals surface area contributed by atoms with Crippen molar-refractivity contribution < 1.29 is 13.2 Å². The van der Waals surface area contributed by atoms with Crippen LogP contribution in [0, 0.1) is 5.41 Å². The van der Waals surface area contributed by atoms with E-state index in [0.717, 1.165) is 17.0 Å². The Morgan fingerprint density at radius 2 is 2.06 bits per heavy atom. The third-order valence-corrected chi connectivity index (χ3v) is 4.85. The van der Waals surface area contributed by atoms with E-state index in [-0.39, 0.29) is 23.9 Å². The molecule has 7 heteroatoms. The average molecular weight is 277 g/mol. The van der Waals surface area contributed by atoms with Gasteiger partial charge in [-0.15, -0.1) is 0 Å². The summed E-state index contributed by atoms with van der Waals surface area (Å²) < 4.78 is 23.6. The SMILES string of the molecule is CN(CC(=O)N1CCC(N)C(C)(C)C1)S(C)(=O)=O. The number of rotatable bonds is 3. The van der Waals surface area contributed by atoms with Gasteiger partial charge in [0.05, 0.1) is 12.8 Å². The number of amides is 1. The Balaban J connectivity index is 2.64. The van der Waals surface area contributed by atoms with Crippen molar-refractivity contribution in [2.45, 2.75) is 26.3 Å². The van der Waals surface area contributed by atoms with E-state index in [1.807, 2.05) is 13.8 Å². The fourth-order valence-electron chi connectivity index (χ4n) is 1.99. The largest absolute Gasteiger partial charge is 0.341 e. The Hall–Kier alpha value is -0.660. The van der Waals surface area contributed by atoms with Crippen LogP contribution in [-0.2, 0) is 14.8 Å². The summed E-state index contributed by atoms with van der Waals surface area (Å²) in [6.45, 7) is 5.12. The van der Waals surface area contributed by atoms with Gasteiger partial charge >= 0.3 is 0 Å². The number of hydrogen-bond donors (Lipinski definition) is 1. The lowest BCUT2D eigenvalue weighted by atomic mass is 9.80. The van der Waals surface area contributed by atoms with Crippen LogP contribution in [0.2, 0.25) is 0 Å². The molecule has 0 radical (unpaired) electrons. The molecule has 1 unspecified atom stereocenters. The quantitative estimate of drug-likeness (QED) is 0.751. The molecule has 1 aliphatic rings. The van der Waals surface area contributed by atoms with E-state index < -0.39 is 10.0 Å². The molecule has 0 aromatic heterocycles. The summed E-state index contributed by atoms with van der Waals surface area (Å²) in [5.41, 5.74) is 5.87. The minimum Gasteiger partial charge on any atom is -0.341 e. The van der Waals surface area contributed by atoms with E-state index in [0.29, 0.717) is 13.1 Å². The first-order chi connectivity index (χ1) is 8.04. The molecule has 18 heavy (non-hydrogen) atoms. The van der Waals surface area contributed by atoms with Gasteiger partial charge in [0.1, 0.15) is 0 Å². The fraction of sp³-hybridized carbons (Fsp3) is 0.909. The smallest absolute Gasteiger partial charge is 0.237 e. The molecule has 1 atom stereocenters. The maximum Gasteiger partial charge on any atom is 0.237 e. The van der Waals surface area contributed by atoms with Crippen molar-refractivity contribution >= 4 is 15.9 Å². The van der Waals surface area contributed by atoms with Gasteiger partial charge in [0, 0.05) is 26.2 Å². The predicted octanol–water partition coefficient (Wildman–Crippen LogP) is -0.536. The highest BCUT2D eigenvalue weighted by molar-refractivity contribution is 7.88. The second-order valence-corrected chi connectivity index (χ2v) is 7.81. The average Bonchev–Trinajstić information content (AvgIpc) is 2.20. The number of likely N-dealkylation sites (tertiary alicyclic amines) is 1. The topological polar surface area (TPSA) is 83.7 Å². The van der Waals surface area contributed by atoms with Gasteiger partial charge in [-0.1, -0.05) is 13.8 Å². The van der Waals surface area contributed by atoms with Crippen LogP contribution in [0.1, 0.15) is 20.3 Å². The zero-order valence-corrected chi connectivity index (χ0v) is 12.3. The van der Waals surface area contributed by atoms with E-state index in [1.54, 1.807) is 4.90 Å². The molecule has 106 valence electrons. The van der Waals surface area contributed by atoms with Gasteiger partial charge in [-0.2, -0.15) is 4.31 Å². The van der Waals surface area contributed by atoms with Crippen molar-refractivity contribution in [3.05, 3.63) is 0 Å². The van der Waals surface area contributed by atoms with Gasteiger partial charge in [-0.05, 0) is 11.8 Å². The van der Waals surface area contributed by atoms with E-state index in [9.17, 15) is 13.2 Å². The van der Waals surface area contributed by atoms with Crippen molar-refractivity contribution in [1.29, 1.82) is 0 Å². The summed E-state index contributed by atoms with van der Waals surface area (Å²) >= 11 is 0. The molecule has 6 nitrogen and oxygen atoms in total. The van der Waals surface area contributed by atoms with Gasteiger partial charge in [0.2, 0.25) is 15.9 Å². The molecule has 1 fully saturated rings. The fourth-order valence-corrected chi connectivity index (χ4v) is 2.34. The molecular weight excluding hydrogens is 254 g/mol. The lowest BCUT2D eigenvalue weighted by Gasteiger charge is -2.42. The van der Waals surface area contributed by atoms with Gasteiger partial charge in [-0.25, -0.2) is 8.42 Å². The molecule has 0 spiro atoms. The van der Waals surface area contributed by atoms with Gasteiger partial charge in [0.25, 0.3) is 0 Å². The number of piperidine rings is 1. The molecule has 1 rings (SSSR count). The summed E-state index contributed by atoms with van der Waals surface area (Å²) in [5, 5.41) is 0. The zero-order valence-electron chi connectivity index (χ0n) is 11.5. The number of nitrogens with two attached hydrogens (primary N) is 1.